The van der Waals surface area contributed by atoms with Crippen LogP contribution < -0.4 is 24.5 Å². The first-order valence-electron chi connectivity index (χ1n) is 13.3. The molecule has 0 spiro atoms. The fraction of sp³-hybridized carbons (Fsp3) is 0.258. The van der Waals surface area contributed by atoms with Gasteiger partial charge < -0.3 is 18.8 Å². The van der Waals surface area contributed by atoms with Crippen molar-refractivity contribution in [3.8, 4) is 5.75 Å². The normalized spacial score (nSPS) is 15.0. The van der Waals surface area contributed by atoms with Crippen molar-refractivity contribution in [3.05, 3.63) is 109 Å². The summed E-state index contributed by atoms with van der Waals surface area (Å²) >= 11 is 1.26. The van der Waals surface area contributed by atoms with Gasteiger partial charge in [-0.1, -0.05) is 53.8 Å². The van der Waals surface area contributed by atoms with Crippen molar-refractivity contribution >= 4 is 35.0 Å². The molecule has 2 aromatic carbocycles. The van der Waals surface area contributed by atoms with Gasteiger partial charge in [0, 0.05) is 30.8 Å². The molecule has 0 amide bonds. The Balaban J connectivity index is 1.75. The van der Waals surface area contributed by atoms with E-state index in [1.807, 2.05) is 66.7 Å². The summed E-state index contributed by atoms with van der Waals surface area (Å²) in [7, 11) is 1.59. The number of methoxy groups -OCH3 is 1. The summed E-state index contributed by atoms with van der Waals surface area (Å²) in [6, 6.07) is 19.8. The largest absolute Gasteiger partial charge is 0.497 e. The van der Waals surface area contributed by atoms with Crippen molar-refractivity contribution in [2.75, 3.05) is 31.7 Å². The highest BCUT2D eigenvalue weighted by atomic mass is 32.1. The van der Waals surface area contributed by atoms with E-state index < -0.39 is 12.0 Å². The van der Waals surface area contributed by atoms with Crippen LogP contribution in [-0.2, 0) is 9.53 Å². The molecule has 9 heteroatoms. The summed E-state index contributed by atoms with van der Waals surface area (Å²) < 4.78 is 18.9. The van der Waals surface area contributed by atoms with Crippen LogP contribution in [-0.4, -0.2) is 37.3 Å². The van der Waals surface area contributed by atoms with Crippen LogP contribution in [0.4, 0.5) is 5.88 Å². The predicted octanol–water partition coefficient (Wildman–Crippen LogP) is 4.38. The third kappa shape index (κ3) is 5.12. The van der Waals surface area contributed by atoms with Gasteiger partial charge in [0.2, 0.25) is 0 Å². The molecule has 0 saturated carbocycles. The van der Waals surface area contributed by atoms with Gasteiger partial charge in [-0.05, 0) is 44.5 Å². The van der Waals surface area contributed by atoms with E-state index in [1.54, 1.807) is 24.7 Å². The monoisotopic (exact) mass is 557 g/mol. The summed E-state index contributed by atoms with van der Waals surface area (Å²) in [5.74, 6) is 1.47. The average molecular weight is 558 g/mol. The highest BCUT2D eigenvalue weighted by molar-refractivity contribution is 7.07. The molecule has 0 saturated heterocycles. The van der Waals surface area contributed by atoms with Gasteiger partial charge in [-0.25, -0.2) is 9.79 Å². The lowest BCUT2D eigenvalue weighted by Gasteiger charge is -2.26. The van der Waals surface area contributed by atoms with E-state index in [4.69, 9.17) is 18.9 Å². The smallest absolute Gasteiger partial charge is 0.338 e. The number of benzene rings is 2. The van der Waals surface area contributed by atoms with E-state index in [1.165, 1.54) is 11.3 Å². The van der Waals surface area contributed by atoms with Gasteiger partial charge in [0.25, 0.3) is 5.56 Å². The topological polar surface area (TPSA) is 86.3 Å². The molecule has 0 N–H and O–H groups in total. The SMILES string of the molecule is CCOC(=O)C1=C(c2ccccc2)N=c2s/c(=C/c3ccc(N(CC)CC)o3)c(=O)n2[C@H]1c1ccc(OC)cc1. The second-order valence-electron chi connectivity index (χ2n) is 9.05. The molecule has 2 aromatic heterocycles. The first-order chi connectivity index (χ1) is 19.5. The molecule has 0 unspecified atom stereocenters. The zero-order valence-corrected chi connectivity index (χ0v) is 23.7. The Kier molecular flexibility index (Phi) is 8.02. The maximum Gasteiger partial charge on any atom is 0.338 e. The summed E-state index contributed by atoms with van der Waals surface area (Å²) in [6.45, 7) is 7.70. The number of thiazole rings is 1. The van der Waals surface area contributed by atoms with Crippen molar-refractivity contribution < 1.29 is 18.7 Å². The third-order valence-electron chi connectivity index (χ3n) is 6.77. The number of hydrogen-bond acceptors (Lipinski definition) is 8. The standard InChI is InChI=1S/C31H31N3O5S/c1-5-33(6-2)25-18-17-23(39-25)19-24-29(35)34-28(21-13-15-22(37-4)16-14-21)26(30(36)38-7-3)27(32-31(34)40-24)20-11-9-8-10-12-20/h8-19,28H,5-7H2,1-4H3/b24-19+/t28-/m0/s1. The fourth-order valence-corrected chi connectivity index (χ4v) is 5.78. The van der Waals surface area contributed by atoms with Gasteiger partial charge in [0.1, 0.15) is 11.5 Å². The van der Waals surface area contributed by atoms with E-state index in [0.717, 1.165) is 30.1 Å². The summed E-state index contributed by atoms with van der Waals surface area (Å²) in [6.07, 6.45) is 1.73. The third-order valence-corrected chi connectivity index (χ3v) is 7.75. The molecule has 0 aliphatic carbocycles. The van der Waals surface area contributed by atoms with Crippen LogP contribution in [0.2, 0.25) is 0 Å². The van der Waals surface area contributed by atoms with E-state index >= 15 is 0 Å². The molecule has 0 radical (unpaired) electrons. The highest BCUT2D eigenvalue weighted by Crippen LogP contribution is 2.35. The van der Waals surface area contributed by atoms with Gasteiger partial charge in [-0.2, -0.15) is 0 Å². The number of aromatic nitrogens is 1. The Hall–Kier alpha value is -4.37. The van der Waals surface area contributed by atoms with E-state index in [-0.39, 0.29) is 12.2 Å². The van der Waals surface area contributed by atoms with Gasteiger partial charge in [0.05, 0.1) is 35.6 Å². The number of carbonyl (C=O) groups is 1. The number of furan rings is 1. The molecule has 1 aliphatic heterocycles. The summed E-state index contributed by atoms with van der Waals surface area (Å²) in [5.41, 5.74) is 2.02. The van der Waals surface area contributed by atoms with Crippen molar-refractivity contribution in [2.24, 2.45) is 4.99 Å². The summed E-state index contributed by atoms with van der Waals surface area (Å²) in [4.78, 5) is 35.0. The number of nitrogens with zero attached hydrogens (tertiary/aromatic N) is 3. The maximum absolute atomic E-state index is 14.0. The number of esters is 1. The number of rotatable bonds is 9. The predicted molar refractivity (Wildman–Crippen MR) is 156 cm³/mol. The molecule has 5 rings (SSSR count). The summed E-state index contributed by atoms with van der Waals surface area (Å²) in [5, 5.41) is 0. The lowest BCUT2D eigenvalue weighted by atomic mass is 9.93. The molecule has 40 heavy (non-hydrogen) atoms. The first kappa shape index (κ1) is 27.2. The molecule has 0 fully saturated rings. The quantitative estimate of drug-likeness (QED) is 0.284. The van der Waals surface area contributed by atoms with Crippen LogP contribution in [0.5, 0.6) is 5.75 Å². The molecule has 206 valence electrons. The van der Waals surface area contributed by atoms with Crippen molar-refractivity contribution in [2.45, 2.75) is 26.8 Å². The molecule has 4 aromatic rings. The van der Waals surface area contributed by atoms with Gasteiger partial charge >= 0.3 is 5.97 Å². The maximum atomic E-state index is 14.0. The van der Waals surface area contributed by atoms with Crippen molar-refractivity contribution in [3.63, 3.8) is 0 Å². The Labute approximate surface area is 236 Å². The number of ether oxygens (including phenoxy) is 2. The lowest BCUT2D eigenvalue weighted by Crippen LogP contribution is -2.40. The number of hydrogen-bond donors (Lipinski definition) is 0. The van der Waals surface area contributed by atoms with Crippen LogP contribution in [0, 0.1) is 0 Å². The molecule has 0 bridgehead atoms. The number of carbonyl (C=O) groups excluding carboxylic acids is 1. The van der Waals surface area contributed by atoms with Crippen molar-refractivity contribution in [1.29, 1.82) is 0 Å². The second-order valence-corrected chi connectivity index (χ2v) is 10.1. The van der Waals surface area contributed by atoms with E-state index in [0.29, 0.717) is 32.1 Å². The Morgan fingerprint density at radius 2 is 1.77 bits per heavy atom. The van der Waals surface area contributed by atoms with Crippen LogP contribution in [0.1, 0.15) is 43.7 Å². The van der Waals surface area contributed by atoms with Crippen LogP contribution in [0.15, 0.2) is 86.5 Å². The number of anilines is 1. The minimum absolute atomic E-state index is 0.192. The lowest BCUT2D eigenvalue weighted by molar-refractivity contribution is -0.138. The van der Waals surface area contributed by atoms with Crippen molar-refractivity contribution in [1.82, 2.24) is 4.57 Å². The van der Waals surface area contributed by atoms with Crippen LogP contribution >= 0.6 is 11.3 Å². The van der Waals surface area contributed by atoms with E-state index in [2.05, 4.69) is 18.7 Å². The molecule has 3 heterocycles. The Bertz CT molecular complexity index is 1710. The zero-order chi connectivity index (χ0) is 28.2. The molecule has 1 aliphatic rings. The highest BCUT2D eigenvalue weighted by Gasteiger charge is 2.35. The fourth-order valence-electron chi connectivity index (χ4n) is 4.80. The van der Waals surface area contributed by atoms with E-state index in [9.17, 15) is 9.59 Å². The minimum atomic E-state index is -0.749. The molecule has 8 nitrogen and oxygen atoms in total. The second kappa shape index (κ2) is 11.8. The van der Waals surface area contributed by atoms with Crippen LogP contribution in [0.3, 0.4) is 0 Å². The molecular weight excluding hydrogens is 526 g/mol. The minimum Gasteiger partial charge on any atom is -0.497 e. The van der Waals surface area contributed by atoms with Crippen LogP contribution in [0.25, 0.3) is 11.8 Å². The van der Waals surface area contributed by atoms with Gasteiger partial charge in [0.15, 0.2) is 10.7 Å². The Morgan fingerprint density at radius 1 is 1.05 bits per heavy atom. The first-order valence-corrected chi connectivity index (χ1v) is 14.1. The van der Waals surface area contributed by atoms with Gasteiger partial charge in [-0.3, -0.25) is 9.36 Å². The molecule has 1 atom stereocenters. The molecular formula is C31H31N3O5S. The van der Waals surface area contributed by atoms with Gasteiger partial charge in [-0.15, -0.1) is 0 Å². The average Bonchev–Trinajstić information content (AvgIpc) is 3.57. The Morgan fingerprint density at radius 3 is 2.42 bits per heavy atom. The number of fused-ring (bicyclic) bond motifs is 1. The zero-order valence-electron chi connectivity index (χ0n) is 22.9.